The Hall–Kier alpha value is -4.07. The SMILES string of the molecule is CC(C)c1ccc(N(CC(=O)Nc2ccc(S(=O)(=O)Nc3ccc(Cl)c(C(F)(F)F)c3)cc2)S(=O)(=O)c2ccccc2)cc1. The summed E-state index contributed by atoms with van der Waals surface area (Å²) in [5.74, 6) is -0.496. The van der Waals surface area contributed by atoms with Crippen LogP contribution in [0.15, 0.2) is 107 Å². The van der Waals surface area contributed by atoms with Crippen molar-refractivity contribution in [1.82, 2.24) is 0 Å². The van der Waals surface area contributed by atoms with Gasteiger partial charge in [-0.05, 0) is 78.2 Å². The molecule has 0 spiro atoms. The van der Waals surface area contributed by atoms with Gasteiger partial charge in [-0.1, -0.05) is 55.8 Å². The standard InChI is InChI=1S/C30H27ClF3N3O5S2/c1-20(2)21-8-13-24(14-9-21)37(44(41,42)26-6-4-3-5-7-26)19-29(38)35-22-10-15-25(16-11-22)43(39,40)36-23-12-17-28(31)27(18-23)30(32,33)34/h3-18,20,36H,19H2,1-2H3,(H,35,38). The zero-order chi connectivity index (χ0) is 32.3. The molecule has 0 saturated heterocycles. The lowest BCUT2D eigenvalue weighted by Gasteiger charge is -2.24. The second-order valence-corrected chi connectivity index (χ2v) is 13.9. The molecule has 4 aromatic rings. The Morgan fingerprint density at radius 3 is 1.98 bits per heavy atom. The number of halogens is 4. The molecule has 1 amide bonds. The molecule has 0 aliphatic carbocycles. The fourth-order valence-electron chi connectivity index (χ4n) is 4.13. The Balaban J connectivity index is 1.53. The third kappa shape index (κ3) is 7.71. The number of carbonyl (C=O) groups is 1. The number of benzene rings is 4. The molecule has 232 valence electrons. The number of rotatable bonds is 10. The zero-order valence-electron chi connectivity index (χ0n) is 23.3. The van der Waals surface area contributed by atoms with E-state index < -0.39 is 49.3 Å². The molecular formula is C30H27ClF3N3O5S2. The molecule has 0 unspecified atom stereocenters. The van der Waals surface area contributed by atoms with Gasteiger partial charge in [0.2, 0.25) is 5.91 Å². The number of carbonyl (C=O) groups excluding carboxylic acids is 1. The van der Waals surface area contributed by atoms with Gasteiger partial charge in [0, 0.05) is 11.4 Å². The van der Waals surface area contributed by atoms with E-state index in [1.54, 1.807) is 42.5 Å². The number of hydrogen-bond donors (Lipinski definition) is 2. The molecule has 0 fully saturated rings. The van der Waals surface area contributed by atoms with Gasteiger partial charge in [-0.3, -0.25) is 13.8 Å². The summed E-state index contributed by atoms with van der Waals surface area (Å²) >= 11 is 5.60. The first-order valence-corrected chi connectivity index (χ1v) is 16.4. The van der Waals surface area contributed by atoms with Crippen LogP contribution in [0.3, 0.4) is 0 Å². The van der Waals surface area contributed by atoms with Crippen LogP contribution in [0, 0.1) is 0 Å². The third-order valence-corrected chi connectivity index (χ3v) is 9.95. The summed E-state index contributed by atoms with van der Waals surface area (Å²) in [4.78, 5) is 12.8. The highest BCUT2D eigenvalue weighted by molar-refractivity contribution is 7.93. The van der Waals surface area contributed by atoms with Gasteiger partial charge in [-0.15, -0.1) is 0 Å². The van der Waals surface area contributed by atoms with Crippen molar-refractivity contribution in [2.24, 2.45) is 0 Å². The molecule has 0 heterocycles. The first-order valence-electron chi connectivity index (χ1n) is 13.0. The van der Waals surface area contributed by atoms with Crippen LogP contribution in [0.5, 0.6) is 0 Å². The summed E-state index contributed by atoms with van der Waals surface area (Å²) in [5.41, 5.74) is -0.127. The van der Waals surface area contributed by atoms with E-state index in [1.807, 2.05) is 13.8 Å². The van der Waals surface area contributed by atoms with Crippen molar-refractivity contribution in [2.75, 3.05) is 20.9 Å². The van der Waals surface area contributed by atoms with E-state index >= 15 is 0 Å². The second kappa shape index (κ2) is 12.9. The molecule has 0 aliphatic heterocycles. The van der Waals surface area contributed by atoms with Gasteiger partial charge in [0.25, 0.3) is 20.0 Å². The smallest absolute Gasteiger partial charge is 0.325 e. The lowest BCUT2D eigenvalue weighted by atomic mass is 10.0. The molecule has 4 rings (SSSR count). The van der Waals surface area contributed by atoms with Crippen molar-refractivity contribution in [2.45, 2.75) is 35.7 Å². The molecule has 0 bridgehead atoms. The molecule has 14 heteroatoms. The summed E-state index contributed by atoms with van der Waals surface area (Å²) in [5, 5.41) is 1.97. The zero-order valence-corrected chi connectivity index (χ0v) is 25.7. The number of alkyl halides is 3. The predicted octanol–water partition coefficient (Wildman–Crippen LogP) is 7.12. The third-order valence-electron chi connectivity index (χ3n) is 6.44. The first-order chi connectivity index (χ1) is 20.6. The van der Waals surface area contributed by atoms with Crippen LogP contribution >= 0.6 is 11.6 Å². The Morgan fingerprint density at radius 2 is 1.41 bits per heavy atom. The number of nitrogens with one attached hydrogen (secondary N) is 2. The summed E-state index contributed by atoms with van der Waals surface area (Å²) in [6, 6.07) is 21.9. The van der Waals surface area contributed by atoms with Gasteiger partial charge in [0.15, 0.2) is 0 Å². The number of hydrogen-bond acceptors (Lipinski definition) is 5. The second-order valence-electron chi connectivity index (χ2n) is 9.94. The molecule has 8 nitrogen and oxygen atoms in total. The largest absolute Gasteiger partial charge is 0.417 e. The fourth-order valence-corrected chi connectivity index (χ4v) is 6.84. The Kier molecular flexibility index (Phi) is 9.62. The average Bonchev–Trinajstić information content (AvgIpc) is 2.97. The maximum Gasteiger partial charge on any atom is 0.417 e. The van der Waals surface area contributed by atoms with Crippen LogP contribution in [0.25, 0.3) is 0 Å². The maximum atomic E-state index is 13.5. The highest BCUT2D eigenvalue weighted by Gasteiger charge is 2.34. The lowest BCUT2D eigenvalue weighted by Crippen LogP contribution is -2.38. The Morgan fingerprint density at radius 1 is 0.818 bits per heavy atom. The van der Waals surface area contributed by atoms with Gasteiger partial charge < -0.3 is 5.32 Å². The summed E-state index contributed by atoms with van der Waals surface area (Å²) in [6.07, 6.45) is -4.79. The van der Waals surface area contributed by atoms with Crippen molar-refractivity contribution in [1.29, 1.82) is 0 Å². The molecular weight excluding hydrogens is 639 g/mol. The van der Waals surface area contributed by atoms with E-state index in [0.717, 1.165) is 34.1 Å². The molecule has 2 N–H and O–H groups in total. The van der Waals surface area contributed by atoms with Crippen molar-refractivity contribution in [3.63, 3.8) is 0 Å². The molecule has 0 radical (unpaired) electrons. The van der Waals surface area contributed by atoms with E-state index in [0.29, 0.717) is 6.07 Å². The number of anilines is 3. The fraction of sp³-hybridized carbons (Fsp3) is 0.167. The summed E-state index contributed by atoms with van der Waals surface area (Å²) < 4.78 is 95.3. The molecule has 0 aromatic heterocycles. The van der Waals surface area contributed by atoms with E-state index in [2.05, 4.69) is 10.0 Å². The highest BCUT2D eigenvalue weighted by atomic mass is 35.5. The molecule has 0 aliphatic rings. The summed E-state index contributed by atoms with van der Waals surface area (Å²) in [7, 11) is -8.45. The monoisotopic (exact) mass is 665 g/mol. The first kappa shape index (κ1) is 32.8. The number of amides is 1. The van der Waals surface area contributed by atoms with Gasteiger partial charge >= 0.3 is 6.18 Å². The Bertz CT molecular complexity index is 1850. The van der Waals surface area contributed by atoms with E-state index in [9.17, 15) is 34.8 Å². The van der Waals surface area contributed by atoms with Crippen LogP contribution < -0.4 is 14.3 Å². The lowest BCUT2D eigenvalue weighted by molar-refractivity contribution is -0.137. The minimum atomic E-state index is -4.79. The minimum Gasteiger partial charge on any atom is -0.325 e. The van der Waals surface area contributed by atoms with Crippen LogP contribution in [0.2, 0.25) is 5.02 Å². The quantitative estimate of drug-likeness (QED) is 0.187. The van der Waals surface area contributed by atoms with Crippen molar-refractivity contribution < 1.29 is 34.8 Å². The molecule has 4 aromatic carbocycles. The van der Waals surface area contributed by atoms with Crippen LogP contribution in [0.4, 0.5) is 30.2 Å². The number of nitrogens with zero attached hydrogens (tertiary/aromatic N) is 1. The topological polar surface area (TPSA) is 113 Å². The van der Waals surface area contributed by atoms with Crippen LogP contribution in [-0.2, 0) is 31.0 Å². The molecule has 0 saturated carbocycles. The van der Waals surface area contributed by atoms with Gasteiger partial charge in [-0.25, -0.2) is 16.8 Å². The van der Waals surface area contributed by atoms with Crippen LogP contribution in [-0.4, -0.2) is 29.3 Å². The average molecular weight is 666 g/mol. The Labute approximate surface area is 258 Å². The van der Waals surface area contributed by atoms with Crippen molar-refractivity contribution >= 4 is 54.6 Å². The summed E-state index contributed by atoms with van der Waals surface area (Å²) in [6.45, 7) is 3.40. The van der Waals surface area contributed by atoms with Gasteiger partial charge in [0.1, 0.15) is 6.54 Å². The van der Waals surface area contributed by atoms with E-state index in [-0.39, 0.29) is 32.8 Å². The maximum absolute atomic E-state index is 13.5. The molecule has 44 heavy (non-hydrogen) atoms. The predicted molar refractivity (Wildman–Crippen MR) is 164 cm³/mol. The normalized spacial score (nSPS) is 12.2. The van der Waals surface area contributed by atoms with Gasteiger partial charge in [-0.2, -0.15) is 13.2 Å². The van der Waals surface area contributed by atoms with E-state index in [4.69, 9.17) is 11.6 Å². The van der Waals surface area contributed by atoms with E-state index in [1.165, 1.54) is 24.3 Å². The van der Waals surface area contributed by atoms with Crippen molar-refractivity contribution in [3.05, 3.63) is 113 Å². The molecule has 0 atom stereocenters. The van der Waals surface area contributed by atoms with Crippen LogP contribution in [0.1, 0.15) is 30.9 Å². The van der Waals surface area contributed by atoms with Crippen molar-refractivity contribution in [3.8, 4) is 0 Å². The number of sulfonamides is 2. The van der Waals surface area contributed by atoms with Gasteiger partial charge in [0.05, 0.1) is 26.1 Å². The highest BCUT2D eigenvalue weighted by Crippen LogP contribution is 2.36. The minimum absolute atomic E-state index is 0.00848.